The first-order valence-corrected chi connectivity index (χ1v) is 10.8. The molecule has 0 radical (unpaired) electrons. The number of aromatic nitrogens is 5. The van der Waals surface area contributed by atoms with E-state index >= 15 is 4.39 Å². The van der Waals surface area contributed by atoms with Crippen molar-refractivity contribution in [3.63, 3.8) is 0 Å². The van der Waals surface area contributed by atoms with Crippen molar-refractivity contribution in [3.8, 4) is 11.3 Å². The van der Waals surface area contributed by atoms with Crippen LogP contribution in [-0.2, 0) is 11.2 Å². The lowest BCUT2D eigenvalue weighted by Crippen LogP contribution is -2.15. The number of halogens is 2. The lowest BCUT2D eigenvalue weighted by atomic mass is 9.98. The van der Waals surface area contributed by atoms with E-state index in [-0.39, 0.29) is 18.1 Å². The highest BCUT2D eigenvalue weighted by Gasteiger charge is 2.43. The molecule has 0 saturated heterocycles. The number of hydrogen-bond acceptors (Lipinski definition) is 5. The lowest BCUT2D eigenvalue weighted by molar-refractivity contribution is -0.117. The number of imidazole rings is 1. The van der Waals surface area contributed by atoms with Crippen LogP contribution in [0.25, 0.3) is 27.8 Å². The third kappa shape index (κ3) is 2.94. The number of amides is 1. The van der Waals surface area contributed by atoms with Gasteiger partial charge >= 0.3 is 0 Å². The summed E-state index contributed by atoms with van der Waals surface area (Å²) in [6.45, 7) is 1.90. The zero-order chi connectivity index (χ0) is 21.0. The van der Waals surface area contributed by atoms with Gasteiger partial charge in [-0.25, -0.2) is 13.8 Å². The van der Waals surface area contributed by atoms with Gasteiger partial charge in [0.15, 0.2) is 11.5 Å². The molecule has 1 aliphatic rings. The summed E-state index contributed by atoms with van der Waals surface area (Å²) in [5, 5.41) is 10.4. The maximum absolute atomic E-state index is 15.2. The summed E-state index contributed by atoms with van der Waals surface area (Å²) in [6, 6.07) is 0. The maximum atomic E-state index is 15.2. The molecule has 1 fully saturated rings. The Kier molecular flexibility index (Phi) is 4.46. The molecule has 0 bridgehead atoms. The SMILES string of the molecule is CCc1c(F)c(SC)c2[nH]ncc2c1-c1cn2cc(NC(=O)C3CC3F)nc2cn1. The molecule has 7 nitrogen and oxygen atoms in total. The Morgan fingerprint density at radius 1 is 1.40 bits per heavy atom. The van der Waals surface area contributed by atoms with Gasteiger partial charge in [-0.1, -0.05) is 6.92 Å². The Bertz CT molecular complexity index is 1300. The van der Waals surface area contributed by atoms with Crippen molar-refractivity contribution in [2.75, 3.05) is 11.6 Å². The summed E-state index contributed by atoms with van der Waals surface area (Å²) in [5.41, 5.74) is 2.97. The van der Waals surface area contributed by atoms with Crippen LogP contribution < -0.4 is 5.32 Å². The summed E-state index contributed by atoms with van der Waals surface area (Å²) in [7, 11) is 0. The highest BCUT2D eigenvalue weighted by Crippen LogP contribution is 2.39. The number of hydrogen-bond donors (Lipinski definition) is 2. The molecule has 2 unspecified atom stereocenters. The molecule has 3 heterocycles. The van der Waals surface area contributed by atoms with Gasteiger partial charge in [0.25, 0.3) is 0 Å². The second kappa shape index (κ2) is 7.05. The van der Waals surface area contributed by atoms with Gasteiger partial charge in [-0.2, -0.15) is 5.10 Å². The molecular formula is C20H18F2N6OS. The van der Waals surface area contributed by atoms with Crippen LogP contribution in [0.15, 0.2) is 29.7 Å². The second-order valence-electron chi connectivity index (χ2n) is 7.22. The van der Waals surface area contributed by atoms with Gasteiger partial charge in [-0.05, 0) is 24.7 Å². The molecule has 2 N–H and O–H groups in total. The first-order valence-electron chi connectivity index (χ1n) is 9.53. The minimum absolute atomic E-state index is 0.253. The van der Waals surface area contributed by atoms with Gasteiger partial charge in [0.1, 0.15) is 12.0 Å². The standard InChI is InChI=1S/C20H18F2N6OS/c1-3-9-16(11-5-24-27-18(11)19(30-2)17(9)22)13-7-28-8-14(25-15(28)6-23-13)26-20(29)10-4-12(10)21/h5-8,10,12H,3-4H2,1-2H3,(H,24,27)(H,26,29). The molecule has 4 aromatic rings. The number of H-pyrrole nitrogens is 1. The van der Waals surface area contributed by atoms with E-state index in [1.165, 1.54) is 11.8 Å². The average molecular weight is 428 g/mol. The van der Waals surface area contributed by atoms with E-state index in [4.69, 9.17) is 0 Å². The monoisotopic (exact) mass is 428 g/mol. The van der Waals surface area contributed by atoms with Gasteiger partial charge in [0.05, 0.1) is 40.6 Å². The average Bonchev–Trinajstić information content (AvgIpc) is 3.12. The lowest BCUT2D eigenvalue weighted by Gasteiger charge is -2.13. The van der Waals surface area contributed by atoms with Crippen LogP contribution in [0.3, 0.4) is 0 Å². The summed E-state index contributed by atoms with van der Waals surface area (Å²) < 4.78 is 30.0. The number of benzene rings is 1. The predicted octanol–water partition coefficient (Wildman–Crippen LogP) is 3.99. The van der Waals surface area contributed by atoms with Gasteiger partial charge in [-0.15, -0.1) is 11.8 Å². The Morgan fingerprint density at radius 2 is 2.20 bits per heavy atom. The molecule has 30 heavy (non-hydrogen) atoms. The van der Waals surface area contributed by atoms with E-state index in [1.54, 1.807) is 29.2 Å². The van der Waals surface area contributed by atoms with Crippen LogP contribution >= 0.6 is 11.8 Å². The fourth-order valence-corrected chi connectivity index (χ4v) is 4.39. The smallest absolute Gasteiger partial charge is 0.231 e. The van der Waals surface area contributed by atoms with Gasteiger partial charge in [0.2, 0.25) is 5.91 Å². The van der Waals surface area contributed by atoms with Crippen LogP contribution in [0.4, 0.5) is 14.6 Å². The molecule has 1 saturated carbocycles. The molecule has 154 valence electrons. The number of alkyl halides is 1. The van der Waals surface area contributed by atoms with Crippen molar-refractivity contribution in [3.05, 3.63) is 36.2 Å². The Balaban J connectivity index is 1.60. The first kappa shape index (κ1) is 19.0. The zero-order valence-electron chi connectivity index (χ0n) is 16.2. The first-order chi connectivity index (χ1) is 14.5. The van der Waals surface area contributed by atoms with Crippen LogP contribution in [-0.4, -0.2) is 42.9 Å². The predicted molar refractivity (Wildman–Crippen MR) is 111 cm³/mol. The number of carbonyl (C=O) groups excluding carboxylic acids is 1. The highest BCUT2D eigenvalue weighted by molar-refractivity contribution is 7.98. The number of thioether (sulfide) groups is 1. The Hall–Kier alpha value is -3.01. The fraction of sp³-hybridized carbons (Fsp3) is 0.300. The van der Waals surface area contributed by atoms with Crippen LogP contribution in [0.1, 0.15) is 18.9 Å². The van der Waals surface area contributed by atoms with E-state index in [2.05, 4.69) is 25.5 Å². The summed E-state index contributed by atoms with van der Waals surface area (Å²) in [5.74, 6) is -0.918. The van der Waals surface area contributed by atoms with Crippen molar-refractivity contribution in [2.45, 2.75) is 30.8 Å². The molecule has 0 spiro atoms. The van der Waals surface area contributed by atoms with Crippen molar-refractivity contribution < 1.29 is 13.6 Å². The fourth-order valence-electron chi connectivity index (χ4n) is 3.73. The van der Waals surface area contributed by atoms with Crippen molar-refractivity contribution >= 4 is 40.0 Å². The summed E-state index contributed by atoms with van der Waals surface area (Å²) in [6.07, 6.45) is 8.12. The van der Waals surface area contributed by atoms with Crippen LogP contribution in [0.2, 0.25) is 0 Å². The number of nitrogens with zero attached hydrogens (tertiary/aromatic N) is 4. The zero-order valence-corrected chi connectivity index (χ0v) is 17.1. The minimum Gasteiger partial charge on any atom is -0.309 e. The van der Waals surface area contributed by atoms with Gasteiger partial charge < -0.3 is 9.72 Å². The number of nitrogens with one attached hydrogen (secondary N) is 2. The van der Waals surface area contributed by atoms with Crippen molar-refractivity contribution in [1.82, 2.24) is 24.6 Å². The maximum Gasteiger partial charge on any atom is 0.231 e. The Labute approximate surface area is 174 Å². The summed E-state index contributed by atoms with van der Waals surface area (Å²) in [4.78, 5) is 21.3. The Morgan fingerprint density at radius 3 is 2.90 bits per heavy atom. The van der Waals surface area contributed by atoms with Crippen LogP contribution in [0, 0.1) is 11.7 Å². The number of anilines is 1. The molecule has 0 aliphatic heterocycles. The number of aromatic amines is 1. The highest BCUT2D eigenvalue weighted by atomic mass is 32.2. The molecular weight excluding hydrogens is 410 g/mol. The molecule has 2 atom stereocenters. The minimum atomic E-state index is -1.07. The quantitative estimate of drug-likeness (QED) is 0.469. The molecule has 1 aliphatic carbocycles. The molecule has 5 rings (SSSR count). The number of fused-ring (bicyclic) bond motifs is 2. The molecule has 3 aromatic heterocycles. The van der Waals surface area contributed by atoms with Gasteiger partial charge in [0, 0.05) is 17.1 Å². The largest absolute Gasteiger partial charge is 0.309 e. The third-order valence-corrected chi connectivity index (χ3v) is 6.15. The van der Waals surface area contributed by atoms with E-state index < -0.39 is 12.1 Å². The van der Waals surface area contributed by atoms with E-state index in [9.17, 15) is 9.18 Å². The van der Waals surface area contributed by atoms with Crippen LogP contribution in [0.5, 0.6) is 0 Å². The molecule has 1 aromatic carbocycles. The third-order valence-electron chi connectivity index (χ3n) is 5.36. The number of rotatable bonds is 5. The van der Waals surface area contributed by atoms with Crippen molar-refractivity contribution in [2.24, 2.45) is 5.92 Å². The topological polar surface area (TPSA) is 88.0 Å². The van der Waals surface area contributed by atoms with E-state index in [0.29, 0.717) is 45.1 Å². The number of carbonyl (C=O) groups is 1. The molecule has 1 amide bonds. The second-order valence-corrected chi connectivity index (χ2v) is 8.04. The summed E-state index contributed by atoms with van der Waals surface area (Å²) >= 11 is 1.33. The van der Waals surface area contributed by atoms with E-state index in [0.717, 1.165) is 5.39 Å². The molecule has 10 heteroatoms. The van der Waals surface area contributed by atoms with E-state index in [1.807, 2.05) is 13.2 Å². The normalized spacial score (nSPS) is 18.3. The van der Waals surface area contributed by atoms with Gasteiger partial charge in [-0.3, -0.25) is 14.9 Å². The van der Waals surface area contributed by atoms with Crippen molar-refractivity contribution in [1.29, 1.82) is 0 Å².